The molecule has 0 aromatic heterocycles. The predicted molar refractivity (Wildman–Crippen MR) is 82.4 cm³/mol. The summed E-state index contributed by atoms with van der Waals surface area (Å²) in [7, 11) is 4.63. The molecule has 118 valence electrons. The highest BCUT2D eigenvalue weighted by Crippen LogP contribution is 2.32. The Bertz CT molecular complexity index is 640. The minimum atomic E-state index is -0.324. The molecule has 22 heavy (non-hydrogen) atoms. The first-order chi connectivity index (χ1) is 10.5. The van der Waals surface area contributed by atoms with Crippen LogP contribution in [0.5, 0.6) is 11.5 Å². The van der Waals surface area contributed by atoms with E-state index in [0.717, 1.165) is 5.56 Å². The van der Waals surface area contributed by atoms with E-state index in [1.807, 2.05) is 6.92 Å². The summed E-state index contributed by atoms with van der Waals surface area (Å²) >= 11 is 0. The summed E-state index contributed by atoms with van der Waals surface area (Å²) in [6.07, 6.45) is 0.620. The zero-order valence-corrected chi connectivity index (χ0v) is 13.1. The number of aryl methyl sites for hydroxylation is 1. The van der Waals surface area contributed by atoms with Crippen LogP contribution < -0.4 is 14.8 Å². The lowest BCUT2D eigenvalue weighted by Gasteiger charge is -2.19. The highest BCUT2D eigenvalue weighted by molar-refractivity contribution is 6.43. The van der Waals surface area contributed by atoms with Crippen LogP contribution in [0.4, 0.5) is 5.69 Å². The lowest BCUT2D eigenvalue weighted by molar-refractivity contribution is -0.130. The van der Waals surface area contributed by atoms with Crippen molar-refractivity contribution in [1.29, 1.82) is 0 Å². The van der Waals surface area contributed by atoms with E-state index in [1.165, 1.54) is 19.2 Å². The fourth-order valence-electron chi connectivity index (χ4n) is 2.14. The standard InChI is InChI=1S/C15H19N3O4/c1-9-7-12(21-3)13(22-4)8-11(9)16-15(20)10-5-6-14(19)18(2)17-10/h7-8H,5-6H2,1-4H3,(H,16,20). The summed E-state index contributed by atoms with van der Waals surface area (Å²) < 4.78 is 10.4. The van der Waals surface area contributed by atoms with Crippen molar-refractivity contribution in [3.05, 3.63) is 17.7 Å². The molecule has 2 rings (SSSR count). The molecule has 0 unspecified atom stereocenters. The number of nitrogens with zero attached hydrogens (tertiary/aromatic N) is 2. The van der Waals surface area contributed by atoms with Crippen LogP contribution in [0.25, 0.3) is 0 Å². The summed E-state index contributed by atoms with van der Waals surface area (Å²) in [5, 5.41) is 7.99. The van der Waals surface area contributed by atoms with Crippen molar-refractivity contribution in [2.45, 2.75) is 19.8 Å². The Morgan fingerprint density at radius 1 is 1.23 bits per heavy atom. The molecule has 1 aliphatic rings. The Labute approximate surface area is 128 Å². The van der Waals surface area contributed by atoms with Gasteiger partial charge in [-0.2, -0.15) is 5.10 Å². The van der Waals surface area contributed by atoms with Crippen molar-refractivity contribution in [1.82, 2.24) is 5.01 Å². The third-order valence-electron chi connectivity index (χ3n) is 3.45. The van der Waals surface area contributed by atoms with Gasteiger partial charge in [0, 0.05) is 31.6 Å². The number of nitrogens with one attached hydrogen (secondary N) is 1. The van der Waals surface area contributed by atoms with Crippen LogP contribution >= 0.6 is 0 Å². The number of benzene rings is 1. The Kier molecular flexibility index (Phi) is 4.65. The number of anilines is 1. The van der Waals surface area contributed by atoms with Crippen LogP contribution in [-0.2, 0) is 9.59 Å². The van der Waals surface area contributed by atoms with E-state index in [4.69, 9.17) is 9.47 Å². The molecular formula is C15H19N3O4. The molecule has 0 spiro atoms. The Morgan fingerprint density at radius 2 is 1.86 bits per heavy atom. The number of hydrogen-bond donors (Lipinski definition) is 1. The van der Waals surface area contributed by atoms with E-state index in [-0.39, 0.29) is 18.2 Å². The lowest BCUT2D eigenvalue weighted by Crippen LogP contribution is -2.34. The summed E-state index contributed by atoms with van der Waals surface area (Å²) in [6, 6.07) is 3.48. The van der Waals surface area contributed by atoms with Crippen LogP contribution in [0.3, 0.4) is 0 Å². The topological polar surface area (TPSA) is 80.2 Å². The second-order valence-corrected chi connectivity index (χ2v) is 4.94. The number of hydrazone groups is 1. The van der Waals surface area contributed by atoms with Gasteiger partial charge in [-0.3, -0.25) is 9.59 Å². The molecule has 0 saturated carbocycles. The normalized spacial score (nSPS) is 14.5. The molecule has 0 bridgehead atoms. The SMILES string of the molecule is COc1cc(C)c(NC(=O)C2=NN(C)C(=O)CC2)cc1OC. The van der Waals surface area contributed by atoms with Gasteiger partial charge in [0.15, 0.2) is 11.5 Å². The molecule has 2 amide bonds. The number of carbonyl (C=O) groups excluding carboxylic acids is 2. The van der Waals surface area contributed by atoms with Gasteiger partial charge < -0.3 is 14.8 Å². The average Bonchev–Trinajstić information content (AvgIpc) is 2.51. The minimum absolute atomic E-state index is 0.0983. The molecule has 1 aromatic rings. The van der Waals surface area contributed by atoms with Gasteiger partial charge in [-0.15, -0.1) is 0 Å². The second-order valence-electron chi connectivity index (χ2n) is 4.94. The Morgan fingerprint density at radius 3 is 2.45 bits per heavy atom. The summed E-state index contributed by atoms with van der Waals surface area (Å²) in [6.45, 7) is 1.86. The van der Waals surface area contributed by atoms with Gasteiger partial charge in [-0.1, -0.05) is 0 Å². The fraction of sp³-hybridized carbons (Fsp3) is 0.400. The lowest BCUT2D eigenvalue weighted by atomic mass is 10.1. The van der Waals surface area contributed by atoms with Gasteiger partial charge >= 0.3 is 0 Å². The summed E-state index contributed by atoms with van der Waals surface area (Å²) in [4.78, 5) is 23.7. The molecule has 7 nitrogen and oxygen atoms in total. The number of methoxy groups -OCH3 is 2. The molecule has 0 fully saturated rings. The van der Waals surface area contributed by atoms with E-state index in [1.54, 1.807) is 19.2 Å². The maximum atomic E-state index is 12.3. The smallest absolute Gasteiger partial charge is 0.271 e. The van der Waals surface area contributed by atoms with E-state index in [2.05, 4.69) is 10.4 Å². The number of ether oxygens (including phenoxy) is 2. The second kappa shape index (κ2) is 6.46. The van der Waals surface area contributed by atoms with Gasteiger partial charge in [0.25, 0.3) is 5.91 Å². The van der Waals surface area contributed by atoms with Crippen LogP contribution in [0, 0.1) is 6.92 Å². The van der Waals surface area contributed by atoms with Crippen LogP contribution in [0.1, 0.15) is 18.4 Å². The van der Waals surface area contributed by atoms with Crippen molar-refractivity contribution in [3.63, 3.8) is 0 Å². The molecule has 1 aliphatic heterocycles. The van der Waals surface area contributed by atoms with Crippen LogP contribution in [0.15, 0.2) is 17.2 Å². The third-order valence-corrected chi connectivity index (χ3v) is 3.45. The molecule has 0 aliphatic carbocycles. The molecule has 1 N–H and O–H groups in total. The van der Waals surface area contributed by atoms with E-state index in [0.29, 0.717) is 29.3 Å². The van der Waals surface area contributed by atoms with Gasteiger partial charge in [-0.05, 0) is 18.6 Å². The summed E-state index contributed by atoms with van der Waals surface area (Å²) in [5.41, 5.74) is 1.79. The minimum Gasteiger partial charge on any atom is -0.493 e. The predicted octanol–water partition coefficient (Wildman–Crippen LogP) is 1.56. The Balaban J connectivity index is 2.22. The summed E-state index contributed by atoms with van der Waals surface area (Å²) in [5.74, 6) is 0.702. The first kappa shape index (κ1) is 15.8. The average molecular weight is 305 g/mol. The van der Waals surface area contributed by atoms with Crippen LogP contribution in [-0.4, -0.2) is 43.8 Å². The number of amides is 2. The van der Waals surface area contributed by atoms with E-state index >= 15 is 0 Å². The number of rotatable bonds is 4. The molecule has 1 heterocycles. The largest absolute Gasteiger partial charge is 0.493 e. The van der Waals surface area contributed by atoms with Crippen LogP contribution in [0.2, 0.25) is 0 Å². The molecule has 0 atom stereocenters. The Hall–Kier alpha value is -2.57. The molecule has 1 aromatic carbocycles. The monoisotopic (exact) mass is 305 g/mol. The molecular weight excluding hydrogens is 286 g/mol. The van der Waals surface area contributed by atoms with Gasteiger partial charge in [0.2, 0.25) is 5.91 Å². The number of hydrogen-bond acceptors (Lipinski definition) is 5. The van der Waals surface area contributed by atoms with Crippen molar-refractivity contribution < 1.29 is 19.1 Å². The highest BCUT2D eigenvalue weighted by atomic mass is 16.5. The quantitative estimate of drug-likeness (QED) is 0.915. The van der Waals surface area contributed by atoms with Crippen molar-refractivity contribution in [2.24, 2.45) is 5.10 Å². The maximum Gasteiger partial charge on any atom is 0.271 e. The van der Waals surface area contributed by atoms with Crippen molar-refractivity contribution in [3.8, 4) is 11.5 Å². The molecule has 0 radical (unpaired) electrons. The van der Waals surface area contributed by atoms with Crippen molar-refractivity contribution >= 4 is 23.2 Å². The zero-order valence-electron chi connectivity index (χ0n) is 13.1. The maximum absolute atomic E-state index is 12.3. The molecule has 0 saturated heterocycles. The van der Waals surface area contributed by atoms with Gasteiger partial charge in [-0.25, -0.2) is 5.01 Å². The van der Waals surface area contributed by atoms with Crippen molar-refractivity contribution in [2.75, 3.05) is 26.6 Å². The van der Waals surface area contributed by atoms with Gasteiger partial charge in [0.05, 0.1) is 14.2 Å². The van der Waals surface area contributed by atoms with E-state index < -0.39 is 0 Å². The first-order valence-corrected chi connectivity index (χ1v) is 6.84. The first-order valence-electron chi connectivity index (χ1n) is 6.84. The third kappa shape index (κ3) is 3.19. The fourth-order valence-corrected chi connectivity index (χ4v) is 2.14. The highest BCUT2D eigenvalue weighted by Gasteiger charge is 2.22. The molecule has 7 heteroatoms. The van der Waals surface area contributed by atoms with E-state index in [9.17, 15) is 9.59 Å². The van der Waals surface area contributed by atoms with Gasteiger partial charge in [0.1, 0.15) is 5.71 Å². The number of carbonyl (C=O) groups is 2. The zero-order chi connectivity index (χ0) is 16.3.